The zero-order valence-electron chi connectivity index (χ0n) is 13.7. The number of hydrogen-bond donors (Lipinski definition) is 3. The molecular formula is C16H31N3O2. The zero-order chi connectivity index (χ0) is 15.8. The third kappa shape index (κ3) is 6.46. The fourth-order valence-electron chi connectivity index (χ4n) is 2.88. The van der Waals surface area contributed by atoms with Crippen LogP contribution in [-0.2, 0) is 9.59 Å². The van der Waals surface area contributed by atoms with Crippen molar-refractivity contribution in [3.63, 3.8) is 0 Å². The quantitative estimate of drug-likeness (QED) is 0.664. The van der Waals surface area contributed by atoms with Crippen LogP contribution in [0.1, 0.15) is 52.9 Å². The van der Waals surface area contributed by atoms with Crippen LogP contribution < -0.4 is 16.4 Å². The predicted molar refractivity (Wildman–Crippen MR) is 84.6 cm³/mol. The maximum absolute atomic E-state index is 12.3. The van der Waals surface area contributed by atoms with E-state index in [2.05, 4.69) is 10.6 Å². The van der Waals surface area contributed by atoms with Crippen LogP contribution in [0.5, 0.6) is 0 Å². The average molecular weight is 297 g/mol. The zero-order valence-corrected chi connectivity index (χ0v) is 13.7. The average Bonchev–Trinajstić information content (AvgIpc) is 2.45. The molecule has 0 aromatic rings. The van der Waals surface area contributed by atoms with Gasteiger partial charge in [-0.3, -0.25) is 9.59 Å². The summed E-state index contributed by atoms with van der Waals surface area (Å²) in [5.74, 6) is 0.919. The van der Waals surface area contributed by atoms with Gasteiger partial charge in [0.2, 0.25) is 11.8 Å². The highest BCUT2D eigenvalue weighted by Gasteiger charge is 2.28. The standard InChI is InChI=1S/C16H31N3O2/c1-11(2)10-18-15(20)12(3)19-16(21)14-6-4-5-13(9-14)7-8-17/h11-14H,4-10,17H2,1-3H3,(H,18,20)(H,19,21). The van der Waals surface area contributed by atoms with Crippen LogP contribution in [0, 0.1) is 17.8 Å². The van der Waals surface area contributed by atoms with E-state index in [9.17, 15) is 9.59 Å². The minimum absolute atomic E-state index is 0.0175. The number of rotatable bonds is 7. The molecule has 0 radical (unpaired) electrons. The number of amides is 2. The van der Waals surface area contributed by atoms with Crippen molar-refractivity contribution in [3.8, 4) is 0 Å². The van der Waals surface area contributed by atoms with Crippen molar-refractivity contribution in [2.75, 3.05) is 13.1 Å². The van der Waals surface area contributed by atoms with Crippen molar-refractivity contribution < 1.29 is 9.59 Å². The van der Waals surface area contributed by atoms with Crippen molar-refractivity contribution in [2.24, 2.45) is 23.5 Å². The van der Waals surface area contributed by atoms with Gasteiger partial charge in [0, 0.05) is 12.5 Å². The predicted octanol–water partition coefficient (Wildman–Crippen LogP) is 1.42. The summed E-state index contributed by atoms with van der Waals surface area (Å²) < 4.78 is 0. The van der Waals surface area contributed by atoms with Gasteiger partial charge in [-0.1, -0.05) is 26.7 Å². The van der Waals surface area contributed by atoms with E-state index in [0.29, 0.717) is 24.9 Å². The molecule has 0 heterocycles. The summed E-state index contributed by atoms with van der Waals surface area (Å²) in [5, 5.41) is 5.70. The lowest BCUT2D eigenvalue weighted by Gasteiger charge is -2.29. The van der Waals surface area contributed by atoms with Crippen LogP contribution in [0.4, 0.5) is 0 Å². The largest absolute Gasteiger partial charge is 0.354 e. The second kappa shape index (κ2) is 9.03. The summed E-state index contributed by atoms with van der Waals surface area (Å²) in [6.45, 7) is 7.16. The van der Waals surface area contributed by atoms with Gasteiger partial charge in [0.05, 0.1) is 0 Å². The maximum atomic E-state index is 12.3. The maximum Gasteiger partial charge on any atom is 0.242 e. The summed E-state index contributed by atoms with van der Waals surface area (Å²) in [6, 6.07) is -0.467. The molecule has 0 spiro atoms. The smallest absolute Gasteiger partial charge is 0.242 e. The van der Waals surface area contributed by atoms with E-state index in [-0.39, 0.29) is 17.7 Å². The molecule has 1 fully saturated rings. The van der Waals surface area contributed by atoms with Crippen molar-refractivity contribution >= 4 is 11.8 Å². The minimum atomic E-state index is -0.467. The van der Waals surface area contributed by atoms with Crippen LogP contribution in [-0.4, -0.2) is 30.9 Å². The number of nitrogens with two attached hydrogens (primary N) is 1. The van der Waals surface area contributed by atoms with E-state index in [1.807, 2.05) is 13.8 Å². The first-order chi connectivity index (χ1) is 9.93. The molecule has 0 bridgehead atoms. The highest BCUT2D eigenvalue weighted by molar-refractivity contribution is 5.88. The Labute approximate surface area is 128 Å². The third-order valence-electron chi connectivity index (χ3n) is 4.17. The molecule has 5 nitrogen and oxygen atoms in total. The van der Waals surface area contributed by atoms with Crippen LogP contribution in [0.2, 0.25) is 0 Å². The molecule has 0 aromatic carbocycles. The van der Waals surface area contributed by atoms with Crippen LogP contribution in [0.25, 0.3) is 0 Å². The summed E-state index contributed by atoms with van der Waals surface area (Å²) in [6.07, 6.45) is 5.08. The Morgan fingerprint density at radius 1 is 1.24 bits per heavy atom. The molecule has 3 unspecified atom stereocenters. The first kappa shape index (κ1) is 18.0. The van der Waals surface area contributed by atoms with Gasteiger partial charge in [0.15, 0.2) is 0 Å². The molecule has 21 heavy (non-hydrogen) atoms. The molecule has 1 aliphatic carbocycles. The molecule has 5 heteroatoms. The van der Waals surface area contributed by atoms with Crippen LogP contribution in [0.15, 0.2) is 0 Å². The molecule has 4 N–H and O–H groups in total. The molecule has 0 aromatic heterocycles. The molecule has 3 atom stereocenters. The summed E-state index contributed by atoms with van der Waals surface area (Å²) in [7, 11) is 0. The first-order valence-corrected chi connectivity index (χ1v) is 8.22. The van der Waals surface area contributed by atoms with Gasteiger partial charge in [-0.15, -0.1) is 0 Å². The van der Waals surface area contributed by atoms with Gasteiger partial charge < -0.3 is 16.4 Å². The topological polar surface area (TPSA) is 84.2 Å². The van der Waals surface area contributed by atoms with E-state index in [1.165, 1.54) is 6.42 Å². The van der Waals surface area contributed by atoms with Gasteiger partial charge in [0.1, 0.15) is 6.04 Å². The molecule has 122 valence electrons. The molecule has 1 rings (SSSR count). The fourth-order valence-corrected chi connectivity index (χ4v) is 2.88. The Morgan fingerprint density at radius 3 is 2.57 bits per heavy atom. The van der Waals surface area contributed by atoms with Crippen molar-refractivity contribution in [2.45, 2.75) is 58.9 Å². The van der Waals surface area contributed by atoms with E-state index >= 15 is 0 Å². The van der Waals surface area contributed by atoms with Gasteiger partial charge in [-0.25, -0.2) is 0 Å². The Bertz CT molecular complexity index is 342. The van der Waals surface area contributed by atoms with Crippen molar-refractivity contribution in [1.82, 2.24) is 10.6 Å². The first-order valence-electron chi connectivity index (χ1n) is 8.22. The molecule has 1 saturated carbocycles. The van der Waals surface area contributed by atoms with Crippen molar-refractivity contribution in [3.05, 3.63) is 0 Å². The van der Waals surface area contributed by atoms with Crippen LogP contribution >= 0.6 is 0 Å². The Morgan fingerprint density at radius 2 is 1.95 bits per heavy atom. The number of carbonyl (C=O) groups is 2. The summed E-state index contributed by atoms with van der Waals surface area (Å²) in [5.41, 5.74) is 5.61. The summed E-state index contributed by atoms with van der Waals surface area (Å²) >= 11 is 0. The number of carbonyl (C=O) groups excluding carboxylic acids is 2. The van der Waals surface area contributed by atoms with Gasteiger partial charge in [-0.05, 0) is 44.6 Å². The van der Waals surface area contributed by atoms with E-state index in [1.54, 1.807) is 6.92 Å². The second-order valence-corrected chi connectivity index (χ2v) is 6.68. The fraction of sp³-hybridized carbons (Fsp3) is 0.875. The lowest BCUT2D eigenvalue weighted by molar-refractivity contribution is -0.131. The lowest BCUT2D eigenvalue weighted by atomic mass is 9.79. The Hall–Kier alpha value is -1.10. The summed E-state index contributed by atoms with van der Waals surface area (Å²) in [4.78, 5) is 24.2. The SMILES string of the molecule is CC(C)CNC(=O)C(C)NC(=O)C1CCCC(CCN)C1. The van der Waals surface area contributed by atoms with Crippen LogP contribution in [0.3, 0.4) is 0 Å². The molecule has 2 amide bonds. The van der Waals surface area contributed by atoms with E-state index < -0.39 is 6.04 Å². The van der Waals surface area contributed by atoms with E-state index in [4.69, 9.17) is 5.73 Å². The van der Waals surface area contributed by atoms with Gasteiger partial charge in [-0.2, -0.15) is 0 Å². The number of nitrogens with one attached hydrogen (secondary N) is 2. The monoisotopic (exact) mass is 297 g/mol. The molecule has 0 saturated heterocycles. The second-order valence-electron chi connectivity index (χ2n) is 6.68. The van der Waals surface area contributed by atoms with E-state index in [0.717, 1.165) is 25.7 Å². The highest BCUT2D eigenvalue weighted by Crippen LogP contribution is 2.30. The molecule has 1 aliphatic rings. The lowest BCUT2D eigenvalue weighted by Crippen LogP contribution is -2.48. The van der Waals surface area contributed by atoms with Crippen molar-refractivity contribution in [1.29, 1.82) is 0 Å². The highest BCUT2D eigenvalue weighted by atomic mass is 16.2. The van der Waals surface area contributed by atoms with Gasteiger partial charge in [0.25, 0.3) is 0 Å². The third-order valence-corrected chi connectivity index (χ3v) is 4.17. The number of hydrogen-bond acceptors (Lipinski definition) is 3. The van der Waals surface area contributed by atoms with Gasteiger partial charge >= 0.3 is 0 Å². The molecular weight excluding hydrogens is 266 g/mol. The minimum Gasteiger partial charge on any atom is -0.354 e. The Kier molecular flexibility index (Phi) is 7.72. The normalized spacial score (nSPS) is 23.7. The Balaban J connectivity index is 2.39. The molecule has 0 aliphatic heterocycles.